The fourth-order valence-corrected chi connectivity index (χ4v) is 1.98. The Morgan fingerprint density at radius 1 is 1.46 bits per heavy atom. The normalized spacial score (nSPS) is 15.4. The molecule has 0 radical (unpaired) electrons. The molecular formula is C10H18BrClO. The van der Waals surface area contributed by atoms with E-state index in [1.54, 1.807) is 0 Å². The van der Waals surface area contributed by atoms with Gasteiger partial charge < -0.3 is 0 Å². The lowest BCUT2D eigenvalue weighted by molar-refractivity contribution is -0.111. The topological polar surface area (TPSA) is 17.1 Å². The first-order valence-electron chi connectivity index (χ1n) is 4.95. The maximum atomic E-state index is 10.8. The van der Waals surface area contributed by atoms with Crippen LogP contribution in [0.4, 0.5) is 0 Å². The van der Waals surface area contributed by atoms with E-state index in [0.717, 1.165) is 12.8 Å². The van der Waals surface area contributed by atoms with Crippen LogP contribution in [0.5, 0.6) is 0 Å². The molecule has 0 aromatic rings. The SMILES string of the molecule is CCCCC(CC)CC(Br)C(=O)Cl. The van der Waals surface area contributed by atoms with Crippen molar-refractivity contribution in [1.82, 2.24) is 0 Å². The Morgan fingerprint density at radius 3 is 2.46 bits per heavy atom. The molecule has 0 aromatic heterocycles. The highest BCUT2D eigenvalue weighted by molar-refractivity contribution is 9.10. The molecule has 13 heavy (non-hydrogen) atoms. The Labute approximate surface area is 94.4 Å². The van der Waals surface area contributed by atoms with Gasteiger partial charge >= 0.3 is 0 Å². The van der Waals surface area contributed by atoms with Gasteiger partial charge in [0.25, 0.3) is 0 Å². The second kappa shape index (κ2) is 7.81. The van der Waals surface area contributed by atoms with Crippen molar-refractivity contribution >= 4 is 32.8 Å². The van der Waals surface area contributed by atoms with E-state index in [4.69, 9.17) is 11.6 Å². The number of carbonyl (C=O) groups is 1. The molecule has 3 heteroatoms. The van der Waals surface area contributed by atoms with E-state index >= 15 is 0 Å². The quantitative estimate of drug-likeness (QED) is 0.502. The lowest BCUT2D eigenvalue weighted by atomic mass is 9.95. The second-order valence-electron chi connectivity index (χ2n) is 3.42. The predicted molar refractivity (Wildman–Crippen MR) is 61.5 cm³/mol. The molecule has 0 saturated carbocycles. The molecule has 0 bridgehead atoms. The van der Waals surface area contributed by atoms with E-state index in [1.165, 1.54) is 19.3 Å². The molecule has 0 spiro atoms. The Bertz CT molecular complexity index is 150. The van der Waals surface area contributed by atoms with Gasteiger partial charge in [-0.3, -0.25) is 4.79 Å². The highest BCUT2D eigenvalue weighted by Gasteiger charge is 2.17. The smallest absolute Gasteiger partial charge is 0.235 e. The first-order valence-corrected chi connectivity index (χ1v) is 6.24. The standard InChI is InChI=1S/C10H18BrClO/c1-3-5-6-8(4-2)7-9(11)10(12)13/h8-9H,3-7H2,1-2H3. The van der Waals surface area contributed by atoms with Gasteiger partial charge in [-0.05, 0) is 23.9 Å². The first kappa shape index (κ1) is 13.4. The van der Waals surface area contributed by atoms with E-state index in [9.17, 15) is 4.79 Å². The summed E-state index contributed by atoms with van der Waals surface area (Å²) in [5, 5.41) is -0.269. The monoisotopic (exact) mass is 268 g/mol. The van der Waals surface area contributed by atoms with Gasteiger partial charge in [0.2, 0.25) is 5.24 Å². The molecule has 1 nitrogen and oxygen atoms in total. The fourth-order valence-electron chi connectivity index (χ4n) is 1.37. The molecule has 0 fully saturated rings. The minimum Gasteiger partial charge on any atom is -0.280 e. The molecular weight excluding hydrogens is 251 g/mol. The molecule has 0 aromatic carbocycles. The van der Waals surface area contributed by atoms with Crippen molar-refractivity contribution in [2.45, 2.75) is 50.8 Å². The molecule has 0 saturated heterocycles. The van der Waals surface area contributed by atoms with Crippen molar-refractivity contribution in [3.05, 3.63) is 0 Å². The van der Waals surface area contributed by atoms with Gasteiger partial charge in [0.05, 0.1) is 4.83 Å². The average molecular weight is 270 g/mol. The molecule has 0 aliphatic heterocycles. The molecule has 0 rings (SSSR count). The van der Waals surface area contributed by atoms with Crippen LogP contribution < -0.4 is 0 Å². The van der Waals surface area contributed by atoms with Crippen molar-refractivity contribution in [1.29, 1.82) is 0 Å². The van der Waals surface area contributed by atoms with E-state index in [-0.39, 0.29) is 10.1 Å². The van der Waals surface area contributed by atoms with Crippen molar-refractivity contribution in [3.8, 4) is 0 Å². The molecule has 0 amide bonds. The summed E-state index contributed by atoms with van der Waals surface area (Å²) in [6.45, 7) is 4.35. The third-order valence-electron chi connectivity index (χ3n) is 2.33. The Kier molecular flexibility index (Phi) is 8.07. The molecule has 0 aliphatic carbocycles. The van der Waals surface area contributed by atoms with Crippen LogP contribution in [-0.4, -0.2) is 10.1 Å². The highest BCUT2D eigenvalue weighted by Crippen LogP contribution is 2.23. The van der Waals surface area contributed by atoms with Crippen molar-refractivity contribution in [2.24, 2.45) is 5.92 Å². The van der Waals surface area contributed by atoms with Crippen LogP contribution in [0.1, 0.15) is 46.0 Å². The summed E-state index contributed by atoms with van der Waals surface area (Å²) in [7, 11) is 0. The summed E-state index contributed by atoms with van der Waals surface area (Å²) in [4.78, 5) is 10.6. The van der Waals surface area contributed by atoms with Crippen LogP contribution in [0, 0.1) is 5.92 Å². The highest BCUT2D eigenvalue weighted by atomic mass is 79.9. The van der Waals surface area contributed by atoms with Crippen LogP contribution in [0.2, 0.25) is 0 Å². The zero-order valence-electron chi connectivity index (χ0n) is 8.35. The molecule has 0 N–H and O–H groups in total. The average Bonchev–Trinajstić information content (AvgIpc) is 2.11. The fraction of sp³-hybridized carbons (Fsp3) is 0.900. The number of halogens is 2. The number of alkyl halides is 1. The Balaban J connectivity index is 3.75. The van der Waals surface area contributed by atoms with Crippen molar-refractivity contribution in [2.75, 3.05) is 0 Å². The van der Waals surface area contributed by atoms with E-state index in [2.05, 4.69) is 29.8 Å². The zero-order valence-corrected chi connectivity index (χ0v) is 10.7. The molecule has 78 valence electrons. The van der Waals surface area contributed by atoms with Crippen LogP contribution in [0.25, 0.3) is 0 Å². The minimum atomic E-state index is -0.269. The maximum Gasteiger partial charge on any atom is 0.235 e. The van der Waals surface area contributed by atoms with Crippen LogP contribution in [0.15, 0.2) is 0 Å². The third-order valence-corrected chi connectivity index (χ3v) is 3.65. The number of carbonyl (C=O) groups excluding carboxylic acids is 1. The van der Waals surface area contributed by atoms with Gasteiger partial charge in [0.1, 0.15) is 0 Å². The summed E-state index contributed by atoms with van der Waals surface area (Å²) in [6.07, 6.45) is 5.68. The summed E-state index contributed by atoms with van der Waals surface area (Å²) < 4.78 is 0. The van der Waals surface area contributed by atoms with Gasteiger partial charge in [-0.15, -0.1) is 0 Å². The summed E-state index contributed by atoms with van der Waals surface area (Å²) in [5.41, 5.74) is 0. The predicted octanol–water partition coefficient (Wildman–Crippen LogP) is 4.12. The Morgan fingerprint density at radius 2 is 2.08 bits per heavy atom. The minimum absolute atomic E-state index is 0.157. The molecule has 0 heterocycles. The van der Waals surface area contributed by atoms with E-state index in [1.807, 2.05) is 0 Å². The number of hydrogen-bond acceptors (Lipinski definition) is 1. The molecule has 0 aliphatic rings. The van der Waals surface area contributed by atoms with E-state index in [0.29, 0.717) is 5.92 Å². The first-order chi connectivity index (χ1) is 6.11. The third kappa shape index (κ3) is 6.50. The maximum absolute atomic E-state index is 10.8. The van der Waals surface area contributed by atoms with Gasteiger partial charge in [0.15, 0.2) is 0 Å². The van der Waals surface area contributed by atoms with Gasteiger partial charge in [-0.25, -0.2) is 0 Å². The lowest BCUT2D eigenvalue weighted by Gasteiger charge is -2.15. The Hall–Kier alpha value is 0.440. The van der Waals surface area contributed by atoms with Gasteiger partial charge in [0, 0.05) is 0 Å². The molecule has 2 atom stereocenters. The van der Waals surface area contributed by atoms with Crippen molar-refractivity contribution < 1.29 is 4.79 Å². The lowest BCUT2D eigenvalue weighted by Crippen LogP contribution is -2.13. The van der Waals surface area contributed by atoms with Gasteiger partial charge in [-0.2, -0.15) is 0 Å². The van der Waals surface area contributed by atoms with Crippen molar-refractivity contribution in [3.63, 3.8) is 0 Å². The summed E-state index contributed by atoms with van der Waals surface area (Å²) in [5.74, 6) is 0.632. The van der Waals surface area contributed by atoms with E-state index < -0.39 is 0 Å². The number of rotatable bonds is 7. The van der Waals surface area contributed by atoms with Crippen LogP contribution in [0.3, 0.4) is 0 Å². The number of hydrogen-bond donors (Lipinski definition) is 0. The molecule has 2 unspecified atom stereocenters. The summed E-state index contributed by atoms with van der Waals surface area (Å²) in [6, 6.07) is 0. The van der Waals surface area contributed by atoms with Crippen LogP contribution in [-0.2, 0) is 4.79 Å². The number of unbranched alkanes of at least 4 members (excludes halogenated alkanes) is 1. The largest absolute Gasteiger partial charge is 0.280 e. The van der Waals surface area contributed by atoms with Gasteiger partial charge in [-0.1, -0.05) is 55.5 Å². The summed E-state index contributed by atoms with van der Waals surface area (Å²) >= 11 is 8.67. The van der Waals surface area contributed by atoms with Crippen LogP contribution >= 0.6 is 27.5 Å². The second-order valence-corrected chi connectivity index (χ2v) is 4.90. The zero-order chi connectivity index (χ0) is 10.3.